The van der Waals surface area contributed by atoms with Crippen LogP contribution in [0.4, 0.5) is 0 Å². The van der Waals surface area contributed by atoms with Gasteiger partial charge in [-0.05, 0) is 12.1 Å². The van der Waals surface area contributed by atoms with Crippen LogP contribution in [-0.2, 0) is 19.6 Å². The number of carbonyl (C=O) groups excluding carboxylic acids is 1. The van der Waals surface area contributed by atoms with E-state index in [-0.39, 0.29) is 23.0 Å². The number of methoxy groups -OCH3 is 1. The first-order valence-corrected chi connectivity index (χ1v) is 7.06. The van der Waals surface area contributed by atoms with Crippen LogP contribution in [0.1, 0.15) is 6.92 Å². The lowest BCUT2D eigenvalue weighted by molar-refractivity contribution is -0.140. The Hall–Kier alpha value is -1.11. The Morgan fingerprint density at radius 2 is 2.00 bits per heavy atom. The number of hydrogen-bond donors (Lipinski definition) is 0. The topological polar surface area (TPSA) is 63.7 Å². The molecule has 18 heavy (non-hydrogen) atoms. The van der Waals surface area contributed by atoms with Crippen LogP contribution in [0.25, 0.3) is 0 Å². The average Bonchev–Trinajstić information content (AvgIpc) is 2.35. The highest BCUT2D eigenvalue weighted by Gasteiger charge is 2.27. The minimum Gasteiger partial charge on any atom is -0.468 e. The van der Waals surface area contributed by atoms with Gasteiger partial charge in [0.1, 0.15) is 11.4 Å². The number of rotatable bonds is 5. The number of likely N-dealkylation sites (N-methyl/N-ethyl adjacent to an activating group) is 1. The molecular formula is C11H14ClNO4S. The van der Waals surface area contributed by atoms with Crippen molar-refractivity contribution in [1.82, 2.24) is 4.31 Å². The predicted octanol–water partition coefficient (Wildman–Crippen LogP) is 1.52. The SMILES string of the molecule is CCN(CC(=O)OC)S(=O)(=O)c1ccccc1Cl. The molecule has 0 amide bonds. The highest BCUT2D eigenvalue weighted by Crippen LogP contribution is 2.23. The van der Waals surface area contributed by atoms with Gasteiger partial charge in [0.15, 0.2) is 0 Å². The lowest BCUT2D eigenvalue weighted by Crippen LogP contribution is -2.36. The van der Waals surface area contributed by atoms with Gasteiger partial charge < -0.3 is 4.74 Å². The zero-order valence-corrected chi connectivity index (χ0v) is 11.7. The Kier molecular flexibility index (Phi) is 5.13. The molecule has 0 atom stereocenters. The maximum absolute atomic E-state index is 12.3. The van der Waals surface area contributed by atoms with Crippen LogP contribution in [0.2, 0.25) is 5.02 Å². The van der Waals surface area contributed by atoms with Crippen LogP contribution >= 0.6 is 11.6 Å². The molecule has 5 nitrogen and oxygen atoms in total. The minimum absolute atomic E-state index is 0.0163. The van der Waals surface area contributed by atoms with Crippen LogP contribution in [0.5, 0.6) is 0 Å². The largest absolute Gasteiger partial charge is 0.468 e. The van der Waals surface area contributed by atoms with Gasteiger partial charge in [-0.2, -0.15) is 4.31 Å². The molecule has 7 heteroatoms. The molecule has 1 aromatic carbocycles. The van der Waals surface area contributed by atoms with Gasteiger partial charge in [0.05, 0.1) is 12.1 Å². The maximum Gasteiger partial charge on any atom is 0.321 e. The number of esters is 1. The van der Waals surface area contributed by atoms with Crippen molar-refractivity contribution >= 4 is 27.6 Å². The molecule has 0 spiro atoms. The molecule has 100 valence electrons. The van der Waals surface area contributed by atoms with Gasteiger partial charge >= 0.3 is 5.97 Å². The summed E-state index contributed by atoms with van der Waals surface area (Å²) in [6.45, 7) is 1.46. The van der Waals surface area contributed by atoms with Gasteiger partial charge in [0.2, 0.25) is 10.0 Å². The summed E-state index contributed by atoms with van der Waals surface area (Å²) in [4.78, 5) is 11.2. The third-order valence-electron chi connectivity index (χ3n) is 2.34. The van der Waals surface area contributed by atoms with E-state index < -0.39 is 16.0 Å². The van der Waals surface area contributed by atoms with E-state index in [0.29, 0.717) is 0 Å². The highest BCUT2D eigenvalue weighted by atomic mass is 35.5. The lowest BCUT2D eigenvalue weighted by atomic mass is 10.4. The second-order valence-electron chi connectivity index (χ2n) is 3.44. The smallest absolute Gasteiger partial charge is 0.321 e. The van der Waals surface area contributed by atoms with Gasteiger partial charge in [-0.15, -0.1) is 0 Å². The molecule has 0 saturated carbocycles. The Bertz CT molecular complexity index is 530. The summed E-state index contributed by atoms with van der Waals surface area (Å²) in [5.41, 5.74) is 0. The van der Waals surface area contributed by atoms with Crippen molar-refractivity contribution in [3.8, 4) is 0 Å². The molecule has 0 unspecified atom stereocenters. The van der Waals surface area contributed by atoms with Crippen LogP contribution in [0.3, 0.4) is 0 Å². The second kappa shape index (κ2) is 6.17. The summed E-state index contributed by atoms with van der Waals surface area (Å²) in [7, 11) is -2.58. The Morgan fingerprint density at radius 3 is 2.50 bits per heavy atom. The number of carbonyl (C=O) groups is 1. The van der Waals surface area contributed by atoms with Crippen molar-refractivity contribution in [1.29, 1.82) is 0 Å². The molecule has 0 aliphatic rings. The van der Waals surface area contributed by atoms with E-state index in [1.165, 1.54) is 19.2 Å². The summed E-state index contributed by atoms with van der Waals surface area (Å²) < 4.78 is 30.0. The summed E-state index contributed by atoms with van der Waals surface area (Å²) in [6.07, 6.45) is 0. The average molecular weight is 292 g/mol. The molecule has 1 aromatic rings. The van der Waals surface area contributed by atoms with Gasteiger partial charge in [0, 0.05) is 6.54 Å². The quantitative estimate of drug-likeness (QED) is 0.772. The number of hydrogen-bond acceptors (Lipinski definition) is 4. The number of nitrogens with zero attached hydrogens (tertiary/aromatic N) is 1. The fourth-order valence-electron chi connectivity index (χ4n) is 1.37. The van der Waals surface area contributed by atoms with Crippen LogP contribution in [0, 0.1) is 0 Å². The summed E-state index contributed by atoms with van der Waals surface area (Å²) in [5.74, 6) is -0.618. The van der Waals surface area contributed by atoms with Crippen molar-refractivity contribution in [3.63, 3.8) is 0 Å². The zero-order chi connectivity index (χ0) is 13.8. The Balaban J connectivity index is 3.12. The third-order valence-corrected chi connectivity index (χ3v) is 4.76. The van der Waals surface area contributed by atoms with E-state index in [1.807, 2.05) is 0 Å². The third kappa shape index (κ3) is 3.22. The molecule has 0 aromatic heterocycles. The Morgan fingerprint density at radius 1 is 1.39 bits per heavy atom. The zero-order valence-electron chi connectivity index (χ0n) is 10.1. The summed E-state index contributed by atoms with van der Waals surface area (Å²) in [6, 6.07) is 6.10. The van der Waals surface area contributed by atoms with Crippen molar-refractivity contribution in [2.24, 2.45) is 0 Å². The predicted molar refractivity (Wildman–Crippen MR) is 67.9 cm³/mol. The first-order chi connectivity index (χ1) is 8.43. The normalized spacial score (nSPS) is 11.6. The van der Waals surface area contributed by atoms with E-state index in [4.69, 9.17) is 11.6 Å². The van der Waals surface area contributed by atoms with E-state index >= 15 is 0 Å². The monoisotopic (exact) mass is 291 g/mol. The molecule has 0 bridgehead atoms. The van der Waals surface area contributed by atoms with Gasteiger partial charge in [-0.1, -0.05) is 30.7 Å². The second-order valence-corrected chi connectivity index (χ2v) is 5.75. The molecule has 0 fully saturated rings. The summed E-state index contributed by atoms with van der Waals surface area (Å²) in [5, 5.41) is 0.126. The minimum atomic E-state index is -3.79. The molecule has 0 saturated heterocycles. The van der Waals surface area contributed by atoms with Gasteiger partial charge in [-0.25, -0.2) is 8.42 Å². The molecule has 0 heterocycles. The van der Waals surface area contributed by atoms with Crippen LogP contribution in [0.15, 0.2) is 29.2 Å². The van der Waals surface area contributed by atoms with Gasteiger partial charge in [0.25, 0.3) is 0 Å². The molecule has 0 radical (unpaired) electrons. The molecule has 0 aliphatic heterocycles. The van der Waals surface area contributed by atoms with E-state index in [2.05, 4.69) is 4.74 Å². The maximum atomic E-state index is 12.3. The number of benzene rings is 1. The summed E-state index contributed by atoms with van der Waals surface area (Å²) >= 11 is 5.86. The van der Waals surface area contributed by atoms with Crippen molar-refractivity contribution in [3.05, 3.63) is 29.3 Å². The van der Waals surface area contributed by atoms with Crippen LogP contribution in [-0.4, -0.2) is 38.9 Å². The molecule has 0 aliphatic carbocycles. The number of sulfonamides is 1. The standard InChI is InChI=1S/C11H14ClNO4S/c1-3-13(8-11(14)17-2)18(15,16)10-7-5-4-6-9(10)12/h4-7H,3,8H2,1-2H3. The first-order valence-electron chi connectivity index (χ1n) is 5.25. The van der Waals surface area contributed by atoms with Crippen molar-refractivity contribution < 1.29 is 17.9 Å². The molecular weight excluding hydrogens is 278 g/mol. The van der Waals surface area contributed by atoms with Crippen LogP contribution < -0.4 is 0 Å². The fourth-order valence-corrected chi connectivity index (χ4v) is 3.25. The number of ether oxygens (including phenoxy) is 1. The van der Waals surface area contributed by atoms with E-state index in [0.717, 1.165) is 4.31 Å². The first kappa shape index (κ1) is 14.9. The highest BCUT2D eigenvalue weighted by molar-refractivity contribution is 7.89. The van der Waals surface area contributed by atoms with Gasteiger partial charge in [-0.3, -0.25) is 4.79 Å². The fraction of sp³-hybridized carbons (Fsp3) is 0.364. The van der Waals surface area contributed by atoms with E-state index in [9.17, 15) is 13.2 Å². The Labute approximate surface area is 111 Å². The molecule has 0 N–H and O–H groups in total. The van der Waals surface area contributed by atoms with Crippen molar-refractivity contribution in [2.75, 3.05) is 20.2 Å². The van der Waals surface area contributed by atoms with Crippen molar-refractivity contribution in [2.45, 2.75) is 11.8 Å². The molecule has 1 rings (SSSR count). The number of halogens is 1. The lowest BCUT2D eigenvalue weighted by Gasteiger charge is -2.19. The van der Waals surface area contributed by atoms with E-state index in [1.54, 1.807) is 19.1 Å².